The van der Waals surface area contributed by atoms with Gasteiger partial charge in [0.05, 0.1) is 5.56 Å². The third-order valence-electron chi connectivity index (χ3n) is 4.09. The summed E-state index contributed by atoms with van der Waals surface area (Å²) in [7, 11) is 0. The first-order valence-electron chi connectivity index (χ1n) is 8.01. The van der Waals surface area contributed by atoms with E-state index in [-0.39, 0.29) is 0 Å². The predicted octanol–water partition coefficient (Wildman–Crippen LogP) is 2.35. The van der Waals surface area contributed by atoms with E-state index in [2.05, 4.69) is 43.8 Å². The van der Waals surface area contributed by atoms with E-state index in [0.29, 0.717) is 5.56 Å². The molecule has 0 aromatic carbocycles. The molecule has 24 heavy (non-hydrogen) atoms. The van der Waals surface area contributed by atoms with Gasteiger partial charge in [-0.2, -0.15) is 5.26 Å². The Morgan fingerprint density at radius 2 is 1.83 bits per heavy atom. The molecular formula is C17H20N6S. The van der Waals surface area contributed by atoms with Gasteiger partial charge in [0.15, 0.2) is 5.16 Å². The van der Waals surface area contributed by atoms with E-state index in [1.807, 2.05) is 18.4 Å². The molecule has 0 saturated carbocycles. The fourth-order valence-corrected chi connectivity index (χ4v) is 3.09. The first-order valence-corrected chi connectivity index (χ1v) is 9.24. The van der Waals surface area contributed by atoms with Crippen LogP contribution in [0.3, 0.4) is 0 Å². The monoisotopic (exact) mass is 340 g/mol. The summed E-state index contributed by atoms with van der Waals surface area (Å²) in [6.45, 7) is 5.69. The lowest BCUT2D eigenvalue weighted by Gasteiger charge is -2.36. The number of aryl methyl sites for hydroxylation is 1. The lowest BCUT2D eigenvalue weighted by molar-refractivity contribution is 0.636. The second-order valence-electron chi connectivity index (χ2n) is 5.55. The summed E-state index contributed by atoms with van der Waals surface area (Å²) in [5, 5.41) is 9.69. The number of nitriles is 1. The normalized spacial score (nSPS) is 14.5. The van der Waals surface area contributed by atoms with Gasteiger partial charge in [-0.1, -0.05) is 18.7 Å². The van der Waals surface area contributed by atoms with Crippen molar-refractivity contribution in [1.82, 2.24) is 15.0 Å². The van der Waals surface area contributed by atoms with Crippen molar-refractivity contribution in [1.29, 1.82) is 5.26 Å². The molecule has 0 N–H and O–H groups in total. The van der Waals surface area contributed by atoms with Crippen molar-refractivity contribution in [2.24, 2.45) is 0 Å². The van der Waals surface area contributed by atoms with E-state index in [4.69, 9.17) is 5.26 Å². The number of pyridine rings is 1. The molecule has 1 aliphatic heterocycles. The minimum absolute atomic E-state index is 0.593. The third-order valence-corrected chi connectivity index (χ3v) is 4.64. The number of hydrogen-bond acceptors (Lipinski definition) is 7. The van der Waals surface area contributed by atoms with Crippen LogP contribution in [0, 0.1) is 11.3 Å². The highest BCUT2D eigenvalue weighted by molar-refractivity contribution is 7.98. The number of anilines is 2. The summed E-state index contributed by atoms with van der Waals surface area (Å²) in [6, 6.07) is 7.93. The first kappa shape index (κ1) is 16.5. The topological polar surface area (TPSA) is 68.9 Å². The zero-order chi connectivity index (χ0) is 16.9. The van der Waals surface area contributed by atoms with Crippen LogP contribution in [-0.4, -0.2) is 47.4 Å². The fourth-order valence-electron chi connectivity index (χ4n) is 2.70. The molecule has 124 valence electrons. The number of nitrogens with zero attached hydrogens (tertiary/aromatic N) is 6. The number of aromatic nitrogens is 3. The molecule has 0 bridgehead atoms. The quantitative estimate of drug-likeness (QED) is 0.625. The third kappa shape index (κ3) is 3.60. The van der Waals surface area contributed by atoms with Crippen molar-refractivity contribution < 1.29 is 0 Å². The lowest BCUT2D eigenvalue weighted by Crippen LogP contribution is -2.47. The molecule has 0 spiro atoms. The van der Waals surface area contributed by atoms with E-state index < -0.39 is 0 Å². The van der Waals surface area contributed by atoms with E-state index in [1.54, 1.807) is 18.0 Å². The molecule has 1 aliphatic rings. The molecule has 0 radical (unpaired) electrons. The van der Waals surface area contributed by atoms with E-state index in [1.165, 1.54) is 0 Å². The Morgan fingerprint density at radius 1 is 1.12 bits per heavy atom. The molecule has 0 amide bonds. The minimum atomic E-state index is 0.593. The smallest absolute Gasteiger partial charge is 0.189 e. The summed E-state index contributed by atoms with van der Waals surface area (Å²) >= 11 is 1.58. The Kier molecular flexibility index (Phi) is 5.16. The van der Waals surface area contributed by atoms with Gasteiger partial charge >= 0.3 is 0 Å². The van der Waals surface area contributed by atoms with Crippen LogP contribution in [0.25, 0.3) is 0 Å². The van der Waals surface area contributed by atoms with Crippen LogP contribution in [0.15, 0.2) is 29.6 Å². The summed E-state index contributed by atoms with van der Waals surface area (Å²) in [5.41, 5.74) is 1.68. The van der Waals surface area contributed by atoms with Crippen LogP contribution < -0.4 is 9.80 Å². The Labute approximate surface area is 146 Å². The van der Waals surface area contributed by atoms with Crippen molar-refractivity contribution in [2.75, 3.05) is 42.2 Å². The van der Waals surface area contributed by atoms with Crippen LogP contribution >= 0.6 is 11.8 Å². The summed E-state index contributed by atoms with van der Waals surface area (Å²) < 4.78 is 0. The molecule has 6 nitrogen and oxygen atoms in total. The molecule has 2 aromatic heterocycles. The standard InChI is InChI=1S/C17H20N6S/c1-3-14-10-16(21-17(20-14)24-2)23-8-6-22(7-9-23)15-5-4-13(11-18)12-19-15/h4-5,10,12H,3,6-9H2,1-2H3. The maximum atomic E-state index is 8.86. The highest BCUT2D eigenvalue weighted by Crippen LogP contribution is 2.21. The molecule has 3 rings (SSSR count). The Hall–Kier alpha value is -2.33. The Balaban J connectivity index is 1.69. The van der Waals surface area contributed by atoms with E-state index >= 15 is 0 Å². The van der Waals surface area contributed by atoms with Crippen LogP contribution in [0.2, 0.25) is 0 Å². The molecule has 0 aliphatic carbocycles. The largest absolute Gasteiger partial charge is 0.353 e. The van der Waals surface area contributed by atoms with Crippen molar-refractivity contribution >= 4 is 23.4 Å². The zero-order valence-electron chi connectivity index (χ0n) is 13.9. The molecule has 0 atom stereocenters. The fraction of sp³-hybridized carbons (Fsp3) is 0.412. The van der Waals surface area contributed by atoms with Crippen molar-refractivity contribution in [3.8, 4) is 6.07 Å². The van der Waals surface area contributed by atoms with E-state index in [0.717, 1.165) is 55.1 Å². The molecule has 3 heterocycles. The number of hydrogen-bond donors (Lipinski definition) is 0. The van der Waals surface area contributed by atoms with Gasteiger partial charge < -0.3 is 9.80 Å². The molecule has 1 saturated heterocycles. The highest BCUT2D eigenvalue weighted by Gasteiger charge is 2.20. The lowest BCUT2D eigenvalue weighted by atomic mass is 10.2. The molecule has 2 aromatic rings. The Morgan fingerprint density at radius 3 is 2.38 bits per heavy atom. The minimum Gasteiger partial charge on any atom is -0.353 e. The SMILES string of the molecule is CCc1cc(N2CCN(c3ccc(C#N)cn3)CC2)nc(SC)n1. The van der Waals surface area contributed by atoms with Gasteiger partial charge in [-0.05, 0) is 24.8 Å². The van der Waals surface area contributed by atoms with Crippen molar-refractivity contribution in [3.05, 3.63) is 35.7 Å². The zero-order valence-corrected chi connectivity index (χ0v) is 14.8. The second kappa shape index (κ2) is 7.49. The molecular weight excluding hydrogens is 320 g/mol. The van der Waals surface area contributed by atoms with Crippen molar-refractivity contribution in [3.63, 3.8) is 0 Å². The highest BCUT2D eigenvalue weighted by atomic mass is 32.2. The molecule has 1 fully saturated rings. The van der Waals surface area contributed by atoms with Crippen LogP contribution in [0.5, 0.6) is 0 Å². The molecule has 7 heteroatoms. The van der Waals surface area contributed by atoms with Gasteiger partial charge in [0.2, 0.25) is 0 Å². The van der Waals surface area contributed by atoms with Gasteiger partial charge in [-0.3, -0.25) is 0 Å². The van der Waals surface area contributed by atoms with Gasteiger partial charge in [0.1, 0.15) is 17.7 Å². The summed E-state index contributed by atoms with van der Waals surface area (Å²) in [4.78, 5) is 18.1. The average molecular weight is 340 g/mol. The van der Waals surface area contributed by atoms with Crippen molar-refractivity contribution in [2.45, 2.75) is 18.5 Å². The number of piperazine rings is 1. The number of rotatable bonds is 4. The maximum Gasteiger partial charge on any atom is 0.189 e. The summed E-state index contributed by atoms with van der Waals surface area (Å²) in [6.07, 6.45) is 4.55. The number of thioether (sulfide) groups is 1. The predicted molar refractivity (Wildman–Crippen MR) is 96.6 cm³/mol. The second-order valence-corrected chi connectivity index (χ2v) is 6.32. The van der Waals surface area contributed by atoms with Crippen LogP contribution in [0.4, 0.5) is 11.6 Å². The van der Waals surface area contributed by atoms with Gasteiger partial charge in [0.25, 0.3) is 0 Å². The first-order chi connectivity index (χ1) is 11.7. The Bertz CT molecular complexity index is 709. The van der Waals surface area contributed by atoms with E-state index in [9.17, 15) is 0 Å². The van der Waals surface area contributed by atoms with Crippen LogP contribution in [-0.2, 0) is 6.42 Å². The van der Waals surface area contributed by atoms with Gasteiger partial charge in [0, 0.05) is 44.1 Å². The van der Waals surface area contributed by atoms with Crippen LogP contribution in [0.1, 0.15) is 18.2 Å². The maximum absolute atomic E-state index is 8.86. The van der Waals surface area contributed by atoms with Gasteiger partial charge in [-0.15, -0.1) is 0 Å². The van der Waals surface area contributed by atoms with Gasteiger partial charge in [-0.25, -0.2) is 15.0 Å². The average Bonchev–Trinajstić information content (AvgIpc) is 2.67. The summed E-state index contributed by atoms with van der Waals surface area (Å²) in [5.74, 6) is 1.94. The molecule has 0 unspecified atom stereocenters.